The Balaban J connectivity index is 1.29. The van der Waals surface area contributed by atoms with Crippen LogP contribution in [-0.2, 0) is 24.3 Å². The van der Waals surface area contributed by atoms with Crippen LogP contribution in [0, 0.1) is 0 Å². The van der Waals surface area contributed by atoms with Gasteiger partial charge in [-0.1, -0.05) is 6.42 Å². The number of carbonyl (C=O) groups excluding carboxylic acids is 2. The van der Waals surface area contributed by atoms with Crippen LogP contribution in [0.5, 0.6) is 0 Å². The van der Waals surface area contributed by atoms with Gasteiger partial charge in [0, 0.05) is 32.1 Å². The average Bonchev–Trinajstić information content (AvgIpc) is 3.25. The summed E-state index contributed by atoms with van der Waals surface area (Å²) in [5.41, 5.74) is 0.342. The highest BCUT2D eigenvalue weighted by atomic mass is 16.3. The van der Waals surface area contributed by atoms with Crippen LogP contribution >= 0.6 is 0 Å². The zero-order valence-corrected chi connectivity index (χ0v) is 15.8. The number of aryl methyl sites for hydroxylation is 1. The quantitative estimate of drug-likeness (QED) is 0.835. The molecule has 2 aliphatic rings. The van der Waals surface area contributed by atoms with Crippen LogP contribution in [0.25, 0.3) is 0 Å². The second-order valence-corrected chi connectivity index (χ2v) is 7.46. The van der Waals surface area contributed by atoms with Crippen LogP contribution in [0.15, 0.2) is 27.8 Å². The second-order valence-electron chi connectivity index (χ2n) is 7.46. The lowest BCUT2D eigenvalue weighted by molar-refractivity contribution is -0.122. The Morgan fingerprint density at radius 2 is 2.00 bits per heavy atom. The Morgan fingerprint density at radius 1 is 1.18 bits per heavy atom. The number of rotatable bonds is 4. The van der Waals surface area contributed by atoms with Crippen molar-refractivity contribution in [3.05, 3.63) is 40.5 Å². The number of likely N-dealkylation sites (tertiary alicyclic amines) is 1. The normalized spacial score (nSPS) is 17.8. The summed E-state index contributed by atoms with van der Waals surface area (Å²) in [6.45, 7) is 1.77. The Kier molecular flexibility index (Phi) is 5.31. The number of nitrogens with zero attached hydrogens (tertiary/aromatic N) is 4. The molecule has 1 saturated heterocycles. The van der Waals surface area contributed by atoms with Gasteiger partial charge in [-0.15, -0.1) is 0 Å². The molecule has 0 atom stereocenters. The zero-order valence-electron chi connectivity index (χ0n) is 15.8. The van der Waals surface area contributed by atoms with Crippen molar-refractivity contribution in [3.63, 3.8) is 0 Å². The van der Waals surface area contributed by atoms with Gasteiger partial charge in [-0.25, -0.2) is 9.48 Å². The van der Waals surface area contributed by atoms with E-state index < -0.39 is 0 Å². The molecule has 0 bridgehead atoms. The number of amides is 2. The summed E-state index contributed by atoms with van der Waals surface area (Å²) in [7, 11) is 0. The molecule has 1 N–H and O–H groups in total. The molecule has 0 aliphatic carbocycles. The number of carbonyl (C=O) groups is 2. The summed E-state index contributed by atoms with van der Waals surface area (Å²) < 4.78 is 7.93. The van der Waals surface area contributed by atoms with Gasteiger partial charge >= 0.3 is 5.69 Å². The van der Waals surface area contributed by atoms with Crippen molar-refractivity contribution in [2.24, 2.45) is 0 Å². The van der Waals surface area contributed by atoms with E-state index >= 15 is 0 Å². The third-order valence-electron chi connectivity index (χ3n) is 5.49. The Hall–Kier alpha value is -2.84. The van der Waals surface area contributed by atoms with E-state index in [1.807, 2.05) is 0 Å². The molecule has 2 amide bonds. The number of piperidine rings is 1. The molecular formula is C19H25N5O4. The standard InChI is InChI=1S/C19H25N5O4/c25-17(12-24-19(27)23-8-3-1-2-4-16(23)21-24)20-15-5-9-22(10-6-15)18(26)14-7-11-28-13-14/h7,11,13,15H,1-6,8-10,12H2,(H,20,25). The molecule has 0 radical (unpaired) electrons. The number of furan rings is 1. The number of hydrogen-bond donors (Lipinski definition) is 1. The molecule has 4 rings (SSSR count). The third-order valence-corrected chi connectivity index (χ3v) is 5.49. The van der Waals surface area contributed by atoms with Gasteiger partial charge in [0.1, 0.15) is 18.6 Å². The van der Waals surface area contributed by atoms with Crippen molar-refractivity contribution in [2.75, 3.05) is 13.1 Å². The van der Waals surface area contributed by atoms with Crippen molar-refractivity contribution < 1.29 is 14.0 Å². The Morgan fingerprint density at radius 3 is 2.75 bits per heavy atom. The van der Waals surface area contributed by atoms with Crippen LogP contribution in [0.2, 0.25) is 0 Å². The summed E-state index contributed by atoms with van der Waals surface area (Å²) in [5.74, 6) is 0.515. The monoisotopic (exact) mass is 387 g/mol. The van der Waals surface area contributed by atoms with Crippen LogP contribution < -0.4 is 11.0 Å². The Bertz CT molecular complexity index is 890. The van der Waals surface area contributed by atoms with Crippen molar-refractivity contribution in [1.82, 2.24) is 24.6 Å². The summed E-state index contributed by atoms with van der Waals surface area (Å²) in [6.07, 6.45) is 8.18. The molecule has 2 aromatic rings. The van der Waals surface area contributed by atoms with Crippen LogP contribution in [0.1, 0.15) is 48.3 Å². The molecular weight excluding hydrogens is 362 g/mol. The lowest BCUT2D eigenvalue weighted by Crippen LogP contribution is -2.47. The topological polar surface area (TPSA) is 102 Å². The predicted molar refractivity (Wildman–Crippen MR) is 99.8 cm³/mol. The van der Waals surface area contributed by atoms with Gasteiger partial charge in [0.25, 0.3) is 5.91 Å². The molecule has 150 valence electrons. The maximum Gasteiger partial charge on any atom is 0.346 e. The van der Waals surface area contributed by atoms with E-state index in [0.29, 0.717) is 38.0 Å². The fourth-order valence-corrected chi connectivity index (χ4v) is 3.93. The second kappa shape index (κ2) is 8.04. The maximum absolute atomic E-state index is 12.5. The minimum atomic E-state index is -0.213. The predicted octanol–water partition coefficient (Wildman–Crippen LogP) is 0.785. The molecule has 2 aromatic heterocycles. The summed E-state index contributed by atoms with van der Waals surface area (Å²) in [4.78, 5) is 38.9. The fraction of sp³-hybridized carbons (Fsp3) is 0.579. The van der Waals surface area contributed by atoms with Crippen molar-refractivity contribution >= 4 is 11.8 Å². The van der Waals surface area contributed by atoms with Gasteiger partial charge in [0.2, 0.25) is 5.91 Å². The Labute approximate surface area is 162 Å². The van der Waals surface area contributed by atoms with E-state index in [4.69, 9.17) is 4.42 Å². The van der Waals surface area contributed by atoms with E-state index in [2.05, 4.69) is 10.4 Å². The van der Waals surface area contributed by atoms with E-state index in [1.165, 1.54) is 17.2 Å². The smallest absolute Gasteiger partial charge is 0.346 e. The first-order chi connectivity index (χ1) is 13.6. The molecule has 0 aromatic carbocycles. The highest BCUT2D eigenvalue weighted by molar-refractivity contribution is 5.93. The summed E-state index contributed by atoms with van der Waals surface area (Å²) in [6, 6.07) is 1.65. The first kappa shape index (κ1) is 18.5. The number of nitrogens with one attached hydrogen (secondary N) is 1. The molecule has 28 heavy (non-hydrogen) atoms. The largest absolute Gasteiger partial charge is 0.472 e. The molecule has 0 saturated carbocycles. The first-order valence-corrected chi connectivity index (χ1v) is 9.89. The van der Waals surface area contributed by atoms with E-state index in [-0.39, 0.29) is 30.1 Å². The maximum atomic E-state index is 12.5. The van der Waals surface area contributed by atoms with Crippen LogP contribution in [0.4, 0.5) is 0 Å². The number of fused-ring (bicyclic) bond motifs is 1. The highest BCUT2D eigenvalue weighted by Gasteiger charge is 2.25. The molecule has 0 spiro atoms. The van der Waals surface area contributed by atoms with Gasteiger partial charge in [-0.05, 0) is 31.7 Å². The van der Waals surface area contributed by atoms with Crippen molar-refractivity contribution in [1.29, 1.82) is 0 Å². The fourth-order valence-electron chi connectivity index (χ4n) is 3.93. The summed E-state index contributed by atoms with van der Waals surface area (Å²) in [5, 5.41) is 7.33. The first-order valence-electron chi connectivity index (χ1n) is 9.89. The van der Waals surface area contributed by atoms with Gasteiger partial charge < -0.3 is 14.6 Å². The third kappa shape index (κ3) is 3.88. The van der Waals surface area contributed by atoms with Gasteiger partial charge in [-0.3, -0.25) is 14.2 Å². The lowest BCUT2D eigenvalue weighted by Gasteiger charge is -2.32. The van der Waals surface area contributed by atoms with Crippen LogP contribution in [0.3, 0.4) is 0 Å². The molecule has 9 nitrogen and oxygen atoms in total. The minimum absolute atomic E-state index is 0.00274. The highest BCUT2D eigenvalue weighted by Crippen LogP contribution is 2.14. The average molecular weight is 387 g/mol. The van der Waals surface area contributed by atoms with Crippen LogP contribution in [-0.4, -0.2) is 50.2 Å². The van der Waals surface area contributed by atoms with Crippen molar-refractivity contribution in [2.45, 2.75) is 57.7 Å². The van der Waals surface area contributed by atoms with E-state index in [9.17, 15) is 14.4 Å². The molecule has 0 unspecified atom stereocenters. The van der Waals surface area contributed by atoms with Crippen molar-refractivity contribution in [3.8, 4) is 0 Å². The molecule has 1 fully saturated rings. The number of hydrogen-bond acceptors (Lipinski definition) is 5. The van der Waals surface area contributed by atoms with Gasteiger partial charge in [-0.2, -0.15) is 5.10 Å². The zero-order chi connectivity index (χ0) is 19.5. The molecule has 4 heterocycles. The lowest BCUT2D eigenvalue weighted by atomic mass is 10.0. The minimum Gasteiger partial charge on any atom is -0.472 e. The molecule has 9 heteroatoms. The van der Waals surface area contributed by atoms with E-state index in [0.717, 1.165) is 31.5 Å². The van der Waals surface area contributed by atoms with E-state index in [1.54, 1.807) is 15.5 Å². The SMILES string of the molecule is O=C(Cn1nc2n(c1=O)CCCCC2)NC1CCN(C(=O)c2ccoc2)CC1. The molecule has 2 aliphatic heterocycles. The van der Waals surface area contributed by atoms with Gasteiger partial charge in [0.15, 0.2) is 0 Å². The number of aromatic nitrogens is 3. The summed E-state index contributed by atoms with van der Waals surface area (Å²) >= 11 is 0. The van der Waals surface area contributed by atoms with Gasteiger partial charge in [0.05, 0.1) is 11.8 Å².